The van der Waals surface area contributed by atoms with Gasteiger partial charge >= 0.3 is 6.36 Å². The summed E-state index contributed by atoms with van der Waals surface area (Å²) >= 11 is 0. The molecule has 0 spiro atoms. The van der Waals surface area contributed by atoms with Crippen LogP contribution in [0.1, 0.15) is 34.5 Å². The summed E-state index contributed by atoms with van der Waals surface area (Å²) in [5.41, 5.74) is 2.35. The zero-order chi connectivity index (χ0) is 21.6. The van der Waals surface area contributed by atoms with Crippen molar-refractivity contribution in [2.24, 2.45) is 0 Å². The van der Waals surface area contributed by atoms with E-state index in [1.165, 1.54) is 17.7 Å². The molecule has 0 saturated carbocycles. The van der Waals surface area contributed by atoms with Crippen LogP contribution in [0, 0.1) is 6.92 Å². The normalized spacial score (nSPS) is 11.3. The van der Waals surface area contributed by atoms with Gasteiger partial charge in [-0.1, -0.05) is 35.5 Å². The highest BCUT2D eigenvalue weighted by atomic mass is 19.4. The highest BCUT2D eigenvalue weighted by Gasteiger charge is 2.31. The minimum absolute atomic E-state index is 0.202. The molecule has 0 aliphatic carbocycles. The van der Waals surface area contributed by atoms with Gasteiger partial charge in [0.2, 0.25) is 0 Å². The number of benzene rings is 2. The number of alkyl halides is 3. The van der Waals surface area contributed by atoms with Gasteiger partial charge in [0.1, 0.15) is 11.3 Å². The molecule has 8 heteroatoms. The van der Waals surface area contributed by atoms with Crippen LogP contribution in [0.4, 0.5) is 13.2 Å². The van der Waals surface area contributed by atoms with Crippen LogP contribution in [-0.2, 0) is 6.42 Å². The van der Waals surface area contributed by atoms with E-state index in [0.717, 1.165) is 31.4 Å². The van der Waals surface area contributed by atoms with Crippen molar-refractivity contribution in [3.63, 3.8) is 0 Å². The molecular formula is C22H21F3N2O3. The van der Waals surface area contributed by atoms with Crippen molar-refractivity contribution in [1.82, 2.24) is 10.5 Å². The molecule has 3 rings (SSSR count). The first-order valence-electron chi connectivity index (χ1n) is 9.48. The maximum atomic E-state index is 12.6. The molecule has 0 saturated heterocycles. The average Bonchev–Trinajstić information content (AvgIpc) is 3.09. The minimum Gasteiger partial charge on any atom is -0.406 e. The summed E-state index contributed by atoms with van der Waals surface area (Å²) in [5.74, 6) is -0.487. The molecule has 0 aliphatic heterocycles. The first-order chi connectivity index (χ1) is 14.3. The number of nitrogens with zero attached hydrogens (tertiary/aromatic N) is 1. The Kier molecular flexibility index (Phi) is 6.76. The maximum Gasteiger partial charge on any atom is 0.573 e. The van der Waals surface area contributed by atoms with E-state index in [-0.39, 0.29) is 23.0 Å². The third-order valence-electron chi connectivity index (χ3n) is 4.46. The molecule has 1 heterocycles. The molecule has 0 aliphatic rings. The Morgan fingerprint density at radius 2 is 1.77 bits per heavy atom. The second kappa shape index (κ2) is 9.47. The largest absolute Gasteiger partial charge is 0.573 e. The molecular weight excluding hydrogens is 397 g/mol. The lowest BCUT2D eigenvalue weighted by molar-refractivity contribution is -0.274. The van der Waals surface area contributed by atoms with Crippen LogP contribution in [0.15, 0.2) is 59.1 Å². The summed E-state index contributed by atoms with van der Waals surface area (Å²) < 4.78 is 46.0. The van der Waals surface area contributed by atoms with Gasteiger partial charge < -0.3 is 14.6 Å². The standard InChI is InChI=1S/C22H21F3N2O3/c1-15-19(21(28)26-14-6-5-9-16-7-3-2-4-8-16)20(30-27-15)17-10-12-18(13-11-17)29-22(23,24)25/h2-4,7-8,10-13H,5-6,9,14H2,1H3,(H,26,28). The Morgan fingerprint density at radius 3 is 2.43 bits per heavy atom. The van der Waals surface area contributed by atoms with E-state index >= 15 is 0 Å². The summed E-state index contributed by atoms with van der Waals surface area (Å²) in [6, 6.07) is 15.2. The SMILES string of the molecule is Cc1noc(-c2ccc(OC(F)(F)F)cc2)c1C(=O)NCCCCc1ccccc1. The number of aromatic nitrogens is 1. The third kappa shape index (κ3) is 5.85. The van der Waals surface area contributed by atoms with Crippen LogP contribution >= 0.6 is 0 Å². The topological polar surface area (TPSA) is 64.4 Å². The molecule has 1 aromatic heterocycles. The fourth-order valence-corrected chi connectivity index (χ4v) is 3.03. The summed E-state index contributed by atoms with van der Waals surface area (Å²) in [6.07, 6.45) is -2.10. The molecule has 5 nitrogen and oxygen atoms in total. The van der Waals surface area contributed by atoms with E-state index in [4.69, 9.17) is 4.52 Å². The van der Waals surface area contributed by atoms with Crippen molar-refractivity contribution in [2.45, 2.75) is 32.5 Å². The molecule has 0 bridgehead atoms. The van der Waals surface area contributed by atoms with Crippen molar-refractivity contribution in [1.29, 1.82) is 0 Å². The molecule has 0 unspecified atom stereocenters. The Bertz CT molecular complexity index is 968. The number of hydrogen-bond acceptors (Lipinski definition) is 4. The van der Waals surface area contributed by atoms with Gasteiger partial charge in [-0.05, 0) is 56.0 Å². The Balaban J connectivity index is 1.58. The van der Waals surface area contributed by atoms with E-state index in [1.807, 2.05) is 18.2 Å². The molecule has 2 aromatic carbocycles. The zero-order valence-electron chi connectivity index (χ0n) is 16.3. The fourth-order valence-electron chi connectivity index (χ4n) is 3.03. The number of nitrogens with one attached hydrogen (secondary N) is 1. The summed E-state index contributed by atoms with van der Waals surface area (Å²) in [5, 5.41) is 6.69. The number of aryl methyl sites for hydroxylation is 2. The van der Waals surface area contributed by atoms with Crippen molar-refractivity contribution in [2.75, 3.05) is 6.54 Å². The average molecular weight is 418 g/mol. The van der Waals surface area contributed by atoms with Crippen LogP contribution < -0.4 is 10.1 Å². The zero-order valence-corrected chi connectivity index (χ0v) is 16.3. The van der Waals surface area contributed by atoms with Crippen LogP contribution in [0.25, 0.3) is 11.3 Å². The highest BCUT2D eigenvalue weighted by Crippen LogP contribution is 2.29. The molecule has 1 N–H and O–H groups in total. The van der Waals surface area contributed by atoms with Gasteiger partial charge in [-0.3, -0.25) is 4.79 Å². The van der Waals surface area contributed by atoms with Crippen LogP contribution in [0.3, 0.4) is 0 Å². The number of carbonyl (C=O) groups is 1. The Labute approximate surface area is 171 Å². The van der Waals surface area contributed by atoms with Gasteiger partial charge in [-0.25, -0.2) is 0 Å². The lowest BCUT2D eigenvalue weighted by Gasteiger charge is -2.09. The van der Waals surface area contributed by atoms with Crippen molar-refractivity contribution < 1.29 is 27.2 Å². The van der Waals surface area contributed by atoms with Crippen molar-refractivity contribution >= 4 is 5.91 Å². The number of halogens is 3. The van der Waals surface area contributed by atoms with Gasteiger partial charge in [0.05, 0.1) is 5.69 Å². The van der Waals surface area contributed by atoms with Crippen LogP contribution in [0.2, 0.25) is 0 Å². The summed E-state index contributed by atoms with van der Waals surface area (Å²) in [4.78, 5) is 12.6. The second-order valence-electron chi connectivity index (χ2n) is 6.74. The van der Waals surface area contributed by atoms with Gasteiger partial charge in [-0.2, -0.15) is 0 Å². The highest BCUT2D eigenvalue weighted by molar-refractivity contribution is 6.00. The molecule has 3 aromatic rings. The number of unbranched alkanes of at least 4 members (excludes halogenated alkanes) is 1. The molecule has 0 radical (unpaired) electrons. The monoisotopic (exact) mass is 418 g/mol. The lowest BCUT2D eigenvalue weighted by Crippen LogP contribution is -2.25. The predicted octanol–water partition coefficient (Wildman–Crippen LogP) is 5.30. The number of rotatable bonds is 8. The molecule has 1 amide bonds. The number of amides is 1. The van der Waals surface area contributed by atoms with Crippen molar-refractivity contribution in [3.8, 4) is 17.1 Å². The number of carbonyl (C=O) groups excluding carboxylic acids is 1. The van der Waals surface area contributed by atoms with Crippen molar-refractivity contribution in [3.05, 3.63) is 71.4 Å². The third-order valence-corrected chi connectivity index (χ3v) is 4.46. The molecule has 30 heavy (non-hydrogen) atoms. The Morgan fingerprint density at radius 1 is 1.07 bits per heavy atom. The minimum atomic E-state index is -4.77. The van der Waals surface area contributed by atoms with E-state index in [0.29, 0.717) is 17.8 Å². The second-order valence-corrected chi connectivity index (χ2v) is 6.74. The van der Waals surface area contributed by atoms with Gasteiger partial charge in [-0.15, -0.1) is 13.2 Å². The number of ether oxygens (including phenoxy) is 1. The van der Waals surface area contributed by atoms with Crippen LogP contribution in [-0.4, -0.2) is 24.0 Å². The van der Waals surface area contributed by atoms with Gasteiger partial charge in [0, 0.05) is 12.1 Å². The first kappa shape index (κ1) is 21.4. The van der Waals surface area contributed by atoms with E-state index in [1.54, 1.807) is 6.92 Å². The quantitative estimate of drug-likeness (QED) is 0.504. The summed E-state index contributed by atoms with van der Waals surface area (Å²) in [6.45, 7) is 2.13. The van der Waals surface area contributed by atoms with E-state index in [9.17, 15) is 18.0 Å². The Hall–Kier alpha value is -3.29. The van der Waals surface area contributed by atoms with E-state index in [2.05, 4.69) is 27.3 Å². The maximum absolute atomic E-state index is 12.6. The summed E-state index contributed by atoms with van der Waals surface area (Å²) in [7, 11) is 0. The molecule has 158 valence electrons. The predicted molar refractivity (Wildman–Crippen MR) is 105 cm³/mol. The van der Waals surface area contributed by atoms with Gasteiger partial charge in [0.15, 0.2) is 5.76 Å². The first-order valence-corrected chi connectivity index (χ1v) is 9.48. The molecule has 0 fully saturated rings. The fraction of sp³-hybridized carbons (Fsp3) is 0.273. The number of hydrogen-bond donors (Lipinski definition) is 1. The molecule has 0 atom stereocenters. The van der Waals surface area contributed by atoms with E-state index < -0.39 is 6.36 Å². The van der Waals surface area contributed by atoms with Gasteiger partial charge in [0.25, 0.3) is 5.91 Å². The lowest BCUT2D eigenvalue weighted by atomic mass is 10.1. The van der Waals surface area contributed by atoms with Crippen LogP contribution in [0.5, 0.6) is 5.75 Å². The smallest absolute Gasteiger partial charge is 0.406 e.